The summed E-state index contributed by atoms with van der Waals surface area (Å²) in [5.41, 5.74) is 0. The smallest absolute Gasteiger partial charge is 0.236 e. The molecule has 0 bridgehead atoms. The maximum Gasteiger partial charge on any atom is 0.236 e. The molecule has 0 saturated carbocycles. The summed E-state index contributed by atoms with van der Waals surface area (Å²) in [7, 11) is 4.18. The minimum Gasteiger partial charge on any atom is -0.342 e. The number of piperidine rings is 1. The molecule has 1 fully saturated rings. The molecule has 4 heteroatoms. The maximum atomic E-state index is 11.8. The van der Waals surface area contributed by atoms with Crippen LogP contribution in [-0.4, -0.2) is 62.5 Å². The molecule has 100 valence electrons. The van der Waals surface area contributed by atoms with Gasteiger partial charge in [0.2, 0.25) is 5.91 Å². The van der Waals surface area contributed by atoms with Gasteiger partial charge in [-0.15, -0.1) is 0 Å². The van der Waals surface area contributed by atoms with Crippen LogP contribution in [0.3, 0.4) is 0 Å². The molecule has 1 amide bonds. The standard InChI is InChI=1S/C13H27N3O/c1-15(2)9-7-4-8-14-12-13(17)16-10-5-3-6-11-16/h14H,3-12H2,1-2H3. The van der Waals surface area contributed by atoms with E-state index in [1.807, 2.05) is 4.90 Å². The van der Waals surface area contributed by atoms with Crippen LogP contribution in [0.4, 0.5) is 0 Å². The summed E-state index contributed by atoms with van der Waals surface area (Å²) in [6.07, 6.45) is 5.97. The van der Waals surface area contributed by atoms with Gasteiger partial charge in [0, 0.05) is 13.1 Å². The van der Waals surface area contributed by atoms with E-state index >= 15 is 0 Å². The summed E-state index contributed by atoms with van der Waals surface area (Å²) >= 11 is 0. The highest BCUT2D eigenvalue weighted by Gasteiger charge is 2.15. The number of nitrogens with one attached hydrogen (secondary N) is 1. The second-order valence-corrected chi connectivity index (χ2v) is 5.13. The number of hydrogen-bond donors (Lipinski definition) is 1. The molecule has 0 aromatic rings. The van der Waals surface area contributed by atoms with Crippen molar-refractivity contribution in [2.24, 2.45) is 0 Å². The van der Waals surface area contributed by atoms with Crippen LogP contribution in [0.25, 0.3) is 0 Å². The lowest BCUT2D eigenvalue weighted by Crippen LogP contribution is -2.41. The fourth-order valence-electron chi connectivity index (χ4n) is 2.13. The zero-order valence-corrected chi connectivity index (χ0v) is 11.4. The van der Waals surface area contributed by atoms with Gasteiger partial charge in [-0.3, -0.25) is 4.79 Å². The van der Waals surface area contributed by atoms with Crippen molar-refractivity contribution >= 4 is 5.91 Å². The summed E-state index contributed by atoms with van der Waals surface area (Å²) in [6.45, 7) is 4.51. The number of nitrogens with zero attached hydrogens (tertiary/aromatic N) is 2. The summed E-state index contributed by atoms with van der Waals surface area (Å²) in [5, 5.41) is 3.25. The third-order valence-corrected chi connectivity index (χ3v) is 3.19. The molecule has 17 heavy (non-hydrogen) atoms. The van der Waals surface area contributed by atoms with Crippen molar-refractivity contribution in [3.63, 3.8) is 0 Å². The molecule has 0 aromatic carbocycles. The third-order valence-electron chi connectivity index (χ3n) is 3.19. The zero-order chi connectivity index (χ0) is 12.5. The molecule has 0 radical (unpaired) electrons. The molecule has 1 saturated heterocycles. The first-order valence-electron chi connectivity index (χ1n) is 6.83. The van der Waals surface area contributed by atoms with Crippen molar-refractivity contribution in [3.05, 3.63) is 0 Å². The minimum absolute atomic E-state index is 0.275. The van der Waals surface area contributed by atoms with Crippen molar-refractivity contribution in [2.75, 3.05) is 46.8 Å². The Labute approximate surface area is 105 Å². The number of carbonyl (C=O) groups excluding carboxylic acids is 1. The molecular formula is C13H27N3O. The number of carbonyl (C=O) groups is 1. The van der Waals surface area contributed by atoms with Crippen molar-refractivity contribution in [1.29, 1.82) is 0 Å². The molecule has 1 aliphatic rings. The highest BCUT2D eigenvalue weighted by molar-refractivity contribution is 5.78. The van der Waals surface area contributed by atoms with E-state index in [1.165, 1.54) is 25.7 Å². The molecule has 0 spiro atoms. The number of unbranched alkanes of at least 4 members (excludes halogenated alkanes) is 1. The Bertz CT molecular complexity index is 213. The van der Waals surface area contributed by atoms with Crippen LogP contribution >= 0.6 is 0 Å². The first kappa shape index (κ1) is 14.5. The lowest BCUT2D eigenvalue weighted by molar-refractivity contribution is -0.131. The van der Waals surface area contributed by atoms with Gasteiger partial charge in [0.25, 0.3) is 0 Å². The summed E-state index contributed by atoms with van der Waals surface area (Å²) < 4.78 is 0. The molecular weight excluding hydrogens is 214 g/mol. The van der Waals surface area contributed by atoms with Crippen LogP contribution < -0.4 is 5.32 Å². The van der Waals surface area contributed by atoms with Gasteiger partial charge in [-0.25, -0.2) is 0 Å². The molecule has 0 aliphatic carbocycles. The van der Waals surface area contributed by atoms with E-state index in [0.717, 1.165) is 32.6 Å². The Hall–Kier alpha value is -0.610. The Morgan fingerprint density at radius 2 is 1.88 bits per heavy atom. The average Bonchev–Trinajstić information content (AvgIpc) is 2.34. The SMILES string of the molecule is CN(C)CCCCNCC(=O)N1CCCCC1. The lowest BCUT2D eigenvalue weighted by atomic mass is 10.1. The summed E-state index contributed by atoms with van der Waals surface area (Å²) in [4.78, 5) is 16.0. The predicted octanol–water partition coefficient (Wildman–Crippen LogP) is 0.930. The van der Waals surface area contributed by atoms with E-state index in [9.17, 15) is 4.79 Å². The van der Waals surface area contributed by atoms with Crippen molar-refractivity contribution in [1.82, 2.24) is 15.1 Å². The number of amides is 1. The normalized spacial score (nSPS) is 16.5. The number of likely N-dealkylation sites (tertiary alicyclic amines) is 1. The Morgan fingerprint density at radius 3 is 2.53 bits per heavy atom. The second-order valence-electron chi connectivity index (χ2n) is 5.13. The first-order chi connectivity index (χ1) is 8.20. The second kappa shape index (κ2) is 8.48. The van der Waals surface area contributed by atoms with Gasteiger partial charge in [-0.2, -0.15) is 0 Å². The first-order valence-corrected chi connectivity index (χ1v) is 6.83. The number of hydrogen-bond acceptors (Lipinski definition) is 3. The quantitative estimate of drug-likeness (QED) is 0.674. The molecule has 1 N–H and O–H groups in total. The van der Waals surface area contributed by atoms with Gasteiger partial charge in [0.05, 0.1) is 6.54 Å². The highest BCUT2D eigenvalue weighted by Crippen LogP contribution is 2.08. The van der Waals surface area contributed by atoms with Gasteiger partial charge in [-0.1, -0.05) is 0 Å². The zero-order valence-electron chi connectivity index (χ0n) is 11.4. The van der Waals surface area contributed by atoms with Crippen LogP contribution in [0.5, 0.6) is 0 Å². The Balaban J connectivity index is 1.96. The third kappa shape index (κ3) is 6.64. The molecule has 1 aliphatic heterocycles. The van der Waals surface area contributed by atoms with E-state index in [4.69, 9.17) is 0 Å². The maximum absolute atomic E-state index is 11.8. The van der Waals surface area contributed by atoms with Gasteiger partial charge in [0.1, 0.15) is 0 Å². The fraction of sp³-hybridized carbons (Fsp3) is 0.923. The van der Waals surface area contributed by atoms with Crippen LogP contribution in [0.1, 0.15) is 32.1 Å². The van der Waals surface area contributed by atoms with Crippen LogP contribution in [0, 0.1) is 0 Å². The average molecular weight is 241 g/mol. The van der Waals surface area contributed by atoms with E-state index in [1.54, 1.807) is 0 Å². The molecule has 1 rings (SSSR count). The van der Waals surface area contributed by atoms with Crippen molar-refractivity contribution < 1.29 is 4.79 Å². The van der Waals surface area contributed by atoms with E-state index < -0.39 is 0 Å². The van der Waals surface area contributed by atoms with Crippen molar-refractivity contribution in [3.8, 4) is 0 Å². The summed E-state index contributed by atoms with van der Waals surface area (Å²) in [6, 6.07) is 0. The van der Waals surface area contributed by atoms with Gasteiger partial charge < -0.3 is 15.1 Å². The van der Waals surface area contributed by atoms with Crippen LogP contribution in [0.2, 0.25) is 0 Å². The molecule has 0 atom stereocenters. The van der Waals surface area contributed by atoms with Gasteiger partial charge in [-0.05, 0) is 59.3 Å². The van der Waals surface area contributed by atoms with Crippen LogP contribution in [-0.2, 0) is 4.79 Å². The Morgan fingerprint density at radius 1 is 1.18 bits per heavy atom. The monoisotopic (exact) mass is 241 g/mol. The van der Waals surface area contributed by atoms with E-state index in [-0.39, 0.29) is 5.91 Å². The predicted molar refractivity (Wildman–Crippen MR) is 71.1 cm³/mol. The molecule has 4 nitrogen and oxygen atoms in total. The lowest BCUT2D eigenvalue weighted by Gasteiger charge is -2.26. The molecule has 0 aromatic heterocycles. The summed E-state index contributed by atoms with van der Waals surface area (Å²) in [5.74, 6) is 0.275. The van der Waals surface area contributed by atoms with Gasteiger partial charge >= 0.3 is 0 Å². The number of rotatable bonds is 7. The van der Waals surface area contributed by atoms with E-state index in [0.29, 0.717) is 6.54 Å². The van der Waals surface area contributed by atoms with Gasteiger partial charge in [0.15, 0.2) is 0 Å². The van der Waals surface area contributed by atoms with Crippen molar-refractivity contribution in [2.45, 2.75) is 32.1 Å². The minimum atomic E-state index is 0.275. The van der Waals surface area contributed by atoms with E-state index in [2.05, 4.69) is 24.3 Å². The molecule has 1 heterocycles. The Kier molecular flexibility index (Phi) is 7.21. The fourth-order valence-corrected chi connectivity index (χ4v) is 2.13. The molecule has 0 unspecified atom stereocenters. The van der Waals surface area contributed by atoms with Crippen LogP contribution in [0.15, 0.2) is 0 Å². The topological polar surface area (TPSA) is 35.6 Å². The largest absolute Gasteiger partial charge is 0.342 e. The highest BCUT2D eigenvalue weighted by atomic mass is 16.2.